The fraction of sp³-hybridized carbons (Fsp3) is 0.364. The molecule has 0 spiro atoms. The Morgan fingerprint density at radius 3 is 2.78 bits per heavy atom. The Morgan fingerprint density at radius 2 is 2.17 bits per heavy atom. The van der Waals surface area contributed by atoms with Gasteiger partial charge in [-0.3, -0.25) is 4.99 Å². The second kappa shape index (κ2) is 4.31. The Labute approximate surface area is 113 Å². The second-order valence-corrected chi connectivity index (χ2v) is 7.51. The zero-order valence-corrected chi connectivity index (χ0v) is 12.1. The van der Waals surface area contributed by atoms with Gasteiger partial charge in [0, 0.05) is 10.0 Å². The SMILES string of the molecule is CC1(c2cc(Br)ccc2F)CS(=O)(=O)CC(N)=N1. The maximum atomic E-state index is 13.9. The predicted octanol–water partition coefficient (Wildman–Crippen LogP) is 1.59. The molecule has 2 N–H and O–H groups in total. The lowest BCUT2D eigenvalue weighted by Gasteiger charge is -2.30. The average Bonchev–Trinajstić information content (AvgIpc) is 2.17. The van der Waals surface area contributed by atoms with Crippen LogP contribution in [0.1, 0.15) is 12.5 Å². The topological polar surface area (TPSA) is 72.5 Å². The summed E-state index contributed by atoms with van der Waals surface area (Å²) in [6.07, 6.45) is 0. The monoisotopic (exact) mass is 334 g/mol. The minimum absolute atomic E-state index is 0.0168. The van der Waals surface area contributed by atoms with Gasteiger partial charge in [0.25, 0.3) is 0 Å². The van der Waals surface area contributed by atoms with Crippen LogP contribution in [0.5, 0.6) is 0 Å². The molecule has 1 unspecified atom stereocenters. The number of sulfone groups is 1. The van der Waals surface area contributed by atoms with Gasteiger partial charge in [-0.15, -0.1) is 0 Å². The summed E-state index contributed by atoms with van der Waals surface area (Å²) < 4.78 is 38.0. The molecule has 1 heterocycles. The molecule has 18 heavy (non-hydrogen) atoms. The van der Waals surface area contributed by atoms with Crippen molar-refractivity contribution < 1.29 is 12.8 Å². The van der Waals surface area contributed by atoms with Gasteiger partial charge >= 0.3 is 0 Å². The van der Waals surface area contributed by atoms with E-state index < -0.39 is 21.2 Å². The standard InChI is InChI=1S/C11H12BrFN2O2S/c1-11(6-18(16,17)5-10(14)15-11)8-4-7(12)2-3-9(8)13/h2-4H,5-6H2,1H3,(H2,14,15). The number of rotatable bonds is 1. The molecule has 1 aromatic carbocycles. The number of aliphatic imine (C=N–C) groups is 1. The van der Waals surface area contributed by atoms with Crippen LogP contribution in [0.15, 0.2) is 27.7 Å². The maximum absolute atomic E-state index is 13.9. The highest BCUT2D eigenvalue weighted by atomic mass is 79.9. The molecular weight excluding hydrogens is 323 g/mol. The summed E-state index contributed by atoms with van der Waals surface area (Å²) in [6.45, 7) is 1.57. The highest BCUT2D eigenvalue weighted by Crippen LogP contribution is 2.33. The number of nitrogens with two attached hydrogens (primary N) is 1. The highest BCUT2D eigenvalue weighted by molar-refractivity contribution is 9.10. The molecule has 0 fully saturated rings. The molecule has 98 valence electrons. The number of halogens is 2. The third-order valence-corrected chi connectivity index (χ3v) is 5.00. The Bertz CT molecular complexity index is 630. The molecule has 1 atom stereocenters. The summed E-state index contributed by atoms with van der Waals surface area (Å²) in [5.74, 6) is -0.982. The van der Waals surface area contributed by atoms with E-state index in [9.17, 15) is 12.8 Å². The minimum atomic E-state index is -3.36. The molecule has 0 radical (unpaired) electrons. The van der Waals surface area contributed by atoms with E-state index in [1.54, 1.807) is 13.0 Å². The van der Waals surface area contributed by atoms with Gasteiger partial charge in [0.15, 0.2) is 9.84 Å². The Kier molecular flexibility index (Phi) is 3.23. The van der Waals surface area contributed by atoms with Crippen LogP contribution in [0.3, 0.4) is 0 Å². The molecule has 7 heteroatoms. The van der Waals surface area contributed by atoms with Crippen molar-refractivity contribution in [1.29, 1.82) is 0 Å². The number of hydrogen-bond donors (Lipinski definition) is 1. The fourth-order valence-electron chi connectivity index (χ4n) is 2.13. The Balaban J connectivity index is 2.61. The third kappa shape index (κ3) is 2.56. The van der Waals surface area contributed by atoms with Crippen molar-refractivity contribution in [3.63, 3.8) is 0 Å². The Morgan fingerprint density at radius 1 is 1.50 bits per heavy atom. The van der Waals surface area contributed by atoms with E-state index in [4.69, 9.17) is 5.73 Å². The van der Waals surface area contributed by atoms with Gasteiger partial charge in [-0.1, -0.05) is 15.9 Å². The molecule has 0 bridgehead atoms. The van der Waals surface area contributed by atoms with Crippen molar-refractivity contribution in [3.05, 3.63) is 34.1 Å². The Hall–Kier alpha value is -0.950. The predicted molar refractivity (Wildman–Crippen MR) is 71.7 cm³/mol. The molecule has 1 aromatic rings. The molecule has 2 rings (SSSR count). The van der Waals surface area contributed by atoms with Crippen molar-refractivity contribution in [2.75, 3.05) is 11.5 Å². The summed E-state index contributed by atoms with van der Waals surface area (Å²) in [5.41, 5.74) is 4.60. The molecule has 4 nitrogen and oxygen atoms in total. The first-order valence-corrected chi connectivity index (χ1v) is 7.83. The van der Waals surface area contributed by atoms with Gasteiger partial charge in [0.1, 0.15) is 22.9 Å². The number of benzene rings is 1. The van der Waals surface area contributed by atoms with Gasteiger partial charge in [-0.25, -0.2) is 12.8 Å². The van der Waals surface area contributed by atoms with Crippen molar-refractivity contribution in [3.8, 4) is 0 Å². The third-order valence-electron chi connectivity index (χ3n) is 2.77. The number of amidine groups is 1. The summed E-state index contributed by atoms with van der Waals surface area (Å²) in [7, 11) is -3.36. The van der Waals surface area contributed by atoms with E-state index in [2.05, 4.69) is 20.9 Å². The molecule has 1 aliphatic heterocycles. The van der Waals surface area contributed by atoms with Crippen LogP contribution in [0.25, 0.3) is 0 Å². The summed E-state index contributed by atoms with van der Waals surface area (Å²) in [6, 6.07) is 4.36. The summed E-state index contributed by atoms with van der Waals surface area (Å²) in [5, 5.41) is 0. The van der Waals surface area contributed by atoms with Crippen LogP contribution in [-0.4, -0.2) is 25.8 Å². The van der Waals surface area contributed by atoms with E-state index in [0.29, 0.717) is 4.47 Å². The van der Waals surface area contributed by atoms with Crippen LogP contribution in [0.2, 0.25) is 0 Å². The lowest BCUT2D eigenvalue weighted by molar-refractivity contribution is 0.490. The maximum Gasteiger partial charge on any atom is 0.160 e. The van der Waals surface area contributed by atoms with Gasteiger partial charge in [0.2, 0.25) is 0 Å². The molecule has 0 aromatic heterocycles. The lowest BCUT2D eigenvalue weighted by Crippen LogP contribution is -2.42. The van der Waals surface area contributed by atoms with E-state index in [1.807, 2.05) is 0 Å². The van der Waals surface area contributed by atoms with Crippen molar-refractivity contribution in [1.82, 2.24) is 0 Å². The van der Waals surface area contributed by atoms with Crippen LogP contribution in [0, 0.1) is 5.82 Å². The normalized spacial score (nSPS) is 26.7. The molecule has 0 saturated carbocycles. The lowest BCUT2D eigenvalue weighted by atomic mass is 9.94. The largest absolute Gasteiger partial charge is 0.387 e. The fourth-order valence-corrected chi connectivity index (χ4v) is 4.19. The van der Waals surface area contributed by atoms with Gasteiger partial charge < -0.3 is 5.73 Å². The molecule has 0 aliphatic carbocycles. The molecule has 0 amide bonds. The van der Waals surface area contributed by atoms with Gasteiger partial charge in [-0.2, -0.15) is 0 Å². The van der Waals surface area contributed by atoms with Crippen molar-refractivity contribution in [2.24, 2.45) is 10.7 Å². The number of hydrogen-bond acceptors (Lipinski definition) is 4. The molecule has 0 saturated heterocycles. The highest BCUT2D eigenvalue weighted by Gasteiger charge is 2.38. The van der Waals surface area contributed by atoms with Gasteiger partial charge in [-0.05, 0) is 25.1 Å². The van der Waals surface area contributed by atoms with Crippen LogP contribution >= 0.6 is 15.9 Å². The van der Waals surface area contributed by atoms with Crippen LogP contribution in [0.4, 0.5) is 4.39 Å². The van der Waals surface area contributed by atoms with Crippen LogP contribution < -0.4 is 5.73 Å². The second-order valence-electron chi connectivity index (χ2n) is 4.53. The smallest absolute Gasteiger partial charge is 0.160 e. The summed E-state index contributed by atoms with van der Waals surface area (Å²) in [4.78, 5) is 4.14. The van der Waals surface area contributed by atoms with Crippen molar-refractivity contribution >= 4 is 31.6 Å². The quantitative estimate of drug-likeness (QED) is 0.847. The zero-order chi connectivity index (χ0) is 13.6. The van der Waals surface area contributed by atoms with Crippen molar-refractivity contribution in [2.45, 2.75) is 12.5 Å². The minimum Gasteiger partial charge on any atom is -0.387 e. The zero-order valence-electron chi connectivity index (χ0n) is 9.65. The number of nitrogens with zero attached hydrogens (tertiary/aromatic N) is 1. The first-order chi connectivity index (χ1) is 8.22. The van der Waals surface area contributed by atoms with E-state index in [0.717, 1.165) is 0 Å². The van der Waals surface area contributed by atoms with E-state index >= 15 is 0 Å². The van der Waals surface area contributed by atoms with Gasteiger partial charge in [0.05, 0.1) is 5.75 Å². The molecule has 1 aliphatic rings. The first-order valence-electron chi connectivity index (χ1n) is 5.22. The van der Waals surface area contributed by atoms with E-state index in [-0.39, 0.29) is 22.9 Å². The average molecular weight is 335 g/mol. The van der Waals surface area contributed by atoms with Crippen LogP contribution in [-0.2, 0) is 15.4 Å². The summed E-state index contributed by atoms with van der Waals surface area (Å²) >= 11 is 3.23. The van der Waals surface area contributed by atoms with E-state index in [1.165, 1.54) is 12.1 Å². The molecular formula is C11H12BrFN2O2S. The first kappa shape index (κ1) is 13.5.